The highest BCUT2D eigenvalue weighted by Gasteiger charge is 2.33. The van der Waals surface area contributed by atoms with Crippen molar-refractivity contribution in [2.45, 2.75) is 11.3 Å². The average Bonchev–Trinajstić information content (AvgIpc) is 2.90. The summed E-state index contributed by atoms with van der Waals surface area (Å²) in [5.74, 6) is -0.647. The molecule has 0 N–H and O–H groups in total. The molecule has 1 aliphatic heterocycles. The molecule has 0 amide bonds. The lowest BCUT2D eigenvalue weighted by Gasteiger charge is -2.20. The van der Waals surface area contributed by atoms with Gasteiger partial charge in [-0.25, -0.2) is 12.8 Å². The highest BCUT2D eigenvalue weighted by molar-refractivity contribution is 7.93. The Hall–Kier alpha value is -2.19. The Morgan fingerprint density at radius 2 is 1.96 bits per heavy atom. The normalized spacial score (nSPS) is 13.9. The largest absolute Gasteiger partial charge is 0.271 e. The van der Waals surface area contributed by atoms with Crippen LogP contribution < -0.4 is 4.31 Å². The molecule has 120 valence electrons. The first-order valence-corrected chi connectivity index (χ1v) is 8.37. The Morgan fingerprint density at radius 3 is 2.61 bits per heavy atom. The van der Waals surface area contributed by atoms with Crippen LogP contribution in [0.15, 0.2) is 41.3 Å². The van der Waals surface area contributed by atoms with Gasteiger partial charge in [0.2, 0.25) is 0 Å². The topological polar surface area (TPSA) is 80.5 Å². The van der Waals surface area contributed by atoms with Crippen LogP contribution in [0.5, 0.6) is 0 Å². The summed E-state index contributed by atoms with van der Waals surface area (Å²) in [6, 6.07) is 7.09. The Bertz CT molecular complexity index is 917. The molecule has 0 unspecified atom stereocenters. The van der Waals surface area contributed by atoms with Crippen molar-refractivity contribution in [1.29, 1.82) is 0 Å². The van der Waals surface area contributed by atoms with Gasteiger partial charge in [0.15, 0.2) is 0 Å². The highest BCUT2D eigenvalue weighted by atomic mass is 35.5. The molecular formula is C14H10ClFN2O4S. The van der Waals surface area contributed by atoms with Crippen LogP contribution in [0.3, 0.4) is 0 Å². The molecule has 0 radical (unpaired) electrons. The summed E-state index contributed by atoms with van der Waals surface area (Å²) in [6.07, 6.45) is 0.436. The van der Waals surface area contributed by atoms with Gasteiger partial charge in [-0.1, -0.05) is 17.7 Å². The number of rotatable bonds is 3. The first-order valence-electron chi connectivity index (χ1n) is 6.56. The van der Waals surface area contributed by atoms with Crippen molar-refractivity contribution < 1.29 is 17.7 Å². The van der Waals surface area contributed by atoms with Gasteiger partial charge in [0, 0.05) is 18.7 Å². The quantitative estimate of drug-likeness (QED) is 0.625. The average molecular weight is 357 g/mol. The molecule has 2 aromatic carbocycles. The lowest BCUT2D eigenvalue weighted by molar-refractivity contribution is -0.384. The number of fused-ring (bicyclic) bond motifs is 1. The third-order valence-electron chi connectivity index (χ3n) is 3.59. The number of nitrogens with zero attached hydrogens (tertiary/aromatic N) is 2. The fourth-order valence-corrected chi connectivity index (χ4v) is 4.51. The number of hydrogen-bond acceptors (Lipinski definition) is 4. The summed E-state index contributed by atoms with van der Waals surface area (Å²) >= 11 is 5.85. The summed E-state index contributed by atoms with van der Waals surface area (Å²) in [7, 11) is -4.03. The third kappa shape index (κ3) is 2.64. The number of nitro benzene ring substituents is 1. The van der Waals surface area contributed by atoms with Crippen LogP contribution in [0.4, 0.5) is 15.8 Å². The van der Waals surface area contributed by atoms with Crippen LogP contribution in [-0.4, -0.2) is 19.9 Å². The van der Waals surface area contributed by atoms with E-state index in [0.29, 0.717) is 12.0 Å². The first kappa shape index (κ1) is 15.7. The van der Waals surface area contributed by atoms with E-state index >= 15 is 0 Å². The Kier molecular flexibility index (Phi) is 3.73. The monoisotopic (exact) mass is 356 g/mol. The smallest absolute Gasteiger partial charge is 0.265 e. The molecule has 0 saturated carbocycles. The van der Waals surface area contributed by atoms with Crippen molar-refractivity contribution in [3.63, 3.8) is 0 Å². The number of halogens is 2. The summed E-state index contributed by atoms with van der Waals surface area (Å²) in [4.78, 5) is 10.1. The van der Waals surface area contributed by atoms with Gasteiger partial charge in [0.25, 0.3) is 15.7 Å². The van der Waals surface area contributed by atoms with E-state index in [2.05, 4.69) is 0 Å². The summed E-state index contributed by atoms with van der Waals surface area (Å²) in [5, 5.41) is 10.7. The van der Waals surface area contributed by atoms with Gasteiger partial charge >= 0.3 is 0 Å². The molecular weight excluding hydrogens is 347 g/mol. The van der Waals surface area contributed by atoms with Crippen LogP contribution in [0.2, 0.25) is 5.02 Å². The fraction of sp³-hybridized carbons (Fsp3) is 0.143. The second-order valence-corrected chi connectivity index (χ2v) is 7.21. The number of hydrogen-bond donors (Lipinski definition) is 0. The minimum atomic E-state index is -4.03. The number of anilines is 1. The van der Waals surface area contributed by atoms with Crippen LogP contribution in [0, 0.1) is 15.9 Å². The van der Waals surface area contributed by atoms with E-state index in [4.69, 9.17) is 11.6 Å². The van der Waals surface area contributed by atoms with Gasteiger partial charge in [-0.05, 0) is 30.2 Å². The number of sulfonamides is 1. The Balaban J connectivity index is 2.10. The predicted molar refractivity (Wildman–Crippen MR) is 82.7 cm³/mol. The maximum atomic E-state index is 13.1. The summed E-state index contributed by atoms with van der Waals surface area (Å²) in [6.45, 7) is 0.145. The van der Waals surface area contributed by atoms with Gasteiger partial charge in [0.05, 0.1) is 15.6 Å². The molecule has 0 spiro atoms. The number of nitro groups is 1. The second-order valence-electron chi connectivity index (χ2n) is 4.97. The third-order valence-corrected chi connectivity index (χ3v) is 5.89. The molecule has 0 aliphatic carbocycles. The Labute approximate surface area is 136 Å². The molecule has 23 heavy (non-hydrogen) atoms. The van der Waals surface area contributed by atoms with E-state index in [0.717, 1.165) is 22.5 Å². The van der Waals surface area contributed by atoms with Crippen molar-refractivity contribution in [2.24, 2.45) is 0 Å². The molecule has 1 aliphatic rings. The lowest BCUT2D eigenvalue weighted by Crippen LogP contribution is -2.29. The van der Waals surface area contributed by atoms with Crippen LogP contribution in [0.1, 0.15) is 5.56 Å². The molecule has 0 fully saturated rings. The maximum Gasteiger partial charge on any atom is 0.271 e. The van der Waals surface area contributed by atoms with Crippen molar-refractivity contribution in [3.8, 4) is 0 Å². The number of benzene rings is 2. The zero-order valence-electron chi connectivity index (χ0n) is 11.6. The van der Waals surface area contributed by atoms with Gasteiger partial charge in [0.1, 0.15) is 10.7 Å². The predicted octanol–water partition coefficient (Wildman–Crippen LogP) is 3.14. The van der Waals surface area contributed by atoms with Gasteiger partial charge in [-0.2, -0.15) is 0 Å². The zero-order chi connectivity index (χ0) is 16.8. The molecule has 1 heterocycles. The van der Waals surface area contributed by atoms with Crippen LogP contribution >= 0.6 is 11.6 Å². The van der Waals surface area contributed by atoms with E-state index < -0.39 is 20.8 Å². The number of non-ortho nitro benzene ring substituents is 1. The van der Waals surface area contributed by atoms with Gasteiger partial charge in [-0.3, -0.25) is 14.4 Å². The molecule has 0 atom stereocenters. The SMILES string of the molecule is O=[N+]([O-])c1ccc2c(c1)N(S(=O)(=O)c1ccc(F)cc1Cl)CC2. The fourth-order valence-electron chi connectivity index (χ4n) is 2.50. The molecule has 9 heteroatoms. The summed E-state index contributed by atoms with van der Waals surface area (Å²) < 4.78 is 39.7. The molecule has 6 nitrogen and oxygen atoms in total. The van der Waals surface area contributed by atoms with Crippen molar-refractivity contribution in [3.05, 3.63) is 62.9 Å². The molecule has 0 bridgehead atoms. The minimum absolute atomic E-state index is 0.145. The summed E-state index contributed by atoms with van der Waals surface area (Å²) in [5.41, 5.74) is 0.744. The molecule has 2 aromatic rings. The first-order chi connectivity index (χ1) is 10.8. The van der Waals surface area contributed by atoms with Gasteiger partial charge < -0.3 is 0 Å². The van der Waals surface area contributed by atoms with Crippen molar-refractivity contribution in [1.82, 2.24) is 0 Å². The minimum Gasteiger partial charge on any atom is -0.265 e. The van der Waals surface area contributed by atoms with E-state index in [9.17, 15) is 22.9 Å². The molecule has 3 rings (SSSR count). The maximum absolute atomic E-state index is 13.1. The van der Waals surface area contributed by atoms with E-state index in [1.165, 1.54) is 18.2 Å². The van der Waals surface area contributed by atoms with E-state index in [1.807, 2.05) is 0 Å². The van der Waals surface area contributed by atoms with E-state index in [1.54, 1.807) is 0 Å². The standard InChI is InChI=1S/C14H10ClFN2O4S/c15-12-7-10(16)2-4-14(12)23(21,22)17-6-5-9-1-3-11(18(19)20)8-13(9)17/h1-4,7-8H,5-6H2. The van der Waals surface area contributed by atoms with Gasteiger partial charge in [-0.15, -0.1) is 0 Å². The van der Waals surface area contributed by atoms with Crippen LogP contribution in [0.25, 0.3) is 0 Å². The zero-order valence-corrected chi connectivity index (χ0v) is 13.1. The molecule has 0 saturated heterocycles. The highest BCUT2D eigenvalue weighted by Crippen LogP contribution is 2.37. The Morgan fingerprint density at radius 1 is 1.22 bits per heavy atom. The van der Waals surface area contributed by atoms with Crippen molar-refractivity contribution in [2.75, 3.05) is 10.8 Å². The molecule has 0 aromatic heterocycles. The van der Waals surface area contributed by atoms with Crippen molar-refractivity contribution >= 4 is 33.0 Å². The lowest BCUT2D eigenvalue weighted by atomic mass is 10.1. The van der Waals surface area contributed by atoms with E-state index in [-0.39, 0.29) is 27.8 Å². The van der Waals surface area contributed by atoms with Crippen LogP contribution in [-0.2, 0) is 16.4 Å². The second kappa shape index (κ2) is 5.47.